The summed E-state index contributed by atoms with van der Waals surface area (Å²) in [4.78, 5) is 0.661. The van der Waals surface area contributed by atoms with Gasteiger partial charge in [-0.15, -0.1) is 0 Å². The molecule has 2 aromatic rings. The van der Waals surface area contributed by atoms with Crippen LogP contribution in [0.15, 0.2) is 55.8 Å². The van der Waals surface area contributed by atoms with Crippen molar-refractivity contribution in [1.29, 1.82) is 0 Å². The Morgan fingerprint density at radius 2 is 1.90 bits per heavy atom. The lowest BCUT2D eigenvalue weighted by molar-refractivity contribution is 0.318. The number of halogens is 3. The van der Waals surface area contributed by atoms with E-state index in [2.05, 4.69) is 21.1 Å². The molecule has 0 fully saturated rings. The van der Waals surface area contributed by atoms with Crippen LogP contribution in [-0.2, 0) is 0 Å². The zero-order chi connectivity index (χ0) is 14.7. The largest absolute Gasteiger partial charge is 0.409 e. The monoisotopic (exact) mass is 358 g/mol. The highest BCUT2D eigenvalue weighted by Crippen LogP contribution is 2.34. The van der Waals surface area contributed by atoms with Gasteiger partial charge >= 0.3 is 0 Å². The summed E-state index contributed by atoms with van der Waals surface area (Å²) in [6.45, 7) is 0. The molecule has 0 bridgehead atoms. The molecule has 7 heteroatoms. The van der Waals surface area contributed by atoms with Crippen molar-refractivity contribution in [3.8, 4) is 0 Å². The van der Waals surface area contributed by atoms with Gasteiger partial charge in [0, 0.05) is 14.9 Å². The van der Waals surface area contributed by atoms with Crippen molar-refractivity contribution in [2.45, 2.75) is 9.79 Å². The van der Waals surface area contributed by atoms with Crippen molar-refractivity contribution in [3.05, 3.63) is 58.1 Å². The Hall–Kier alpha value is -1.60. The minimum Gasteiger partial charge on any atom is -0.409 e. The fraction of sp³-hybridized carbons (Fsp3) is 0. The van der Waals surface area contributed by atoms with E-state index in [1.165, 1.54) is 0 Å². The van der Waals surface area contributed by atoms with E-state index in [1.807, 2.05) is 0 Å². The summed E-state index contributed by atoms with van der Waals surface area (Å²) in [5.41, 5.74) is 6.00. The zero-order valence-electron chi connectivity index (χ0n) is 9.98. The number of oxime groups is 1. The van der Waals surface area contributed by atoms with Crippen LogP contribution < -0.4 is 5.73 Å². The SMILES string of the molecule is N/C(=N/O)c1ccc(Br)cc1Sc1cc(F)ccc1F. The van der Waals surface area contributed by atoms with Gasteiger partial charge in [-0.1, -0.05) is 32.8 Å². The van der Waals surface area contributed by atoms with Crippen molar-refractivity contribution >= 4 is 33.5 Å². The second kappa shape index (κ2) is 6.23. The van der Waals surface area contributed by atoms with Crippen molar-refractivity contribution in [2.24, 2.45) is 10.9 Å². The molecular formula is C13H9BrF2N2OS. The molecule has 2 rings (SSSR count). The number of hydrogen-bond donors (Lipinski definition) is 2. The fourth-order valence-electron chi connectivity index (χ4n) is 1.52. The molecule has 0 spiro atoms. The molecular weight excluding hydrogens is 350 g/mol. The molecule has 0 atom stereocenters. The second-order valence-electron chi connectivity index (χ2n) is 3.80. The standard InChI is InChI=1S/C13H9BrF2N2OS/c14-7-1-3-9(13(17)18-19)11(5-7)20-12-6-8(15)2-4-10(12)16/h1-6,19H,(H2,17,18). The predicted octanol–water partition coefficient (Wildman–Crippen LogP) is 3.97. The molecule has 0 unspecified atom stereocenters. The van der Waals surface area contributed by atoms with Crippen LogP contribution in [0.25, 0.3) is 0 Å². The maximum absolute atomic E-state index is 13.7. The van der Waals surface area contributed by atoms with Gasteiger partial charge in [0.2, 0.25) is 0 Å². The van der Waals surface area contributed by atoms with Crippen LogP contribution in [0.2, 0.25) is 0 Å². The Morgan fingerprint density at radius 3 is 2.60 bits per heavy atom. The third-order valence-electron chi connectivity index (χ3n) is 2.44. The lowest BCUT2D eigenvalue weighted by Crippen LogP contribution is -2.14. The molecule has 0 amide bonds. The Balaban J connectivity index is 2.47. The van der Waals surface area contributed by atoms with Crippen molar-refractivity contribution in [3.63, 3.8) is 0 Å². The molecule has 0 saturated carbocycles. The molecule has 0 saturated heterocycles. The summed E-state index contributed by atoms with van der Waals surface area (Å²) in [5, 5.41) is 11.7. The van der Waals surface area contributed by atoms with E-state index >= 15 is 0 Å². The lowest BCUT2D eigenvalue weighted by Gasteiger charge is -2.09. The van der Waals surface area contributed by atoms with Crippen molar-refractivity contribution < 1.29 is 14.0 Å². The third-order valence-corrected chi connectivity index (χ3v) is 4.02. The highest BCUT2D eigenvalue weighted by molar-refractivity contribution is 9.10. The quantitative estimate of drug-likeness (QED) is 0.377. The number of rotatable bonds is 3. The molecule has 0 radical (unpaired) electrons. The molecule has 3 nitrogen and oxygen atoms in total. The van der Waals surface area contributed by atoms with Gasteiger partial charge in [0.15, 0.2) is 5.84 Å². The maximum atomic E-state index is 13.7. The first-order chi connectivity index (χ1) is 9.51. The second-order valence-corrected chi connectivity index (χ2v) is 5.80. The van der Waals surface area contributed by atoms with Gasteiger partial charge in [0.1, 0.15) is 11.6 Å². The van der Waals surface area contributed by atoms with E-state index in [-0.39, 0.29) is 10.7 Å². The number of amidine groups is 1. The van der Waals surface area contributed by atoms with Gasteiger partial charge in [-0.05, 0) is 36.4 Å². The Kier molecular flexibility index (Phi) is 4.61. The summed E-state index contributed by atoms with van der Waals surface area (Å²) in [5.74, 6) is -1.17. The summed E-state index contributed by atoms with van der Waals surface area (Å²) in [6.07, 6.45) is 0. The highest BCUT2D eigenvalue weighted by Gasteiger charge is 2.12. The smallest absolute Gasteiger partial charge is 0.171 e. The van der Waals surface area contributed by atoms with Crippen LogP contribution in [0, 0.1) is 11.6 Å². The van der Waals surface area contributed by atoms with Gasteiger partial charge < -0.3 is 10.9 Å². The number of benzene rings is 2. The van der Waals surface area contributed by atoms with Crippen LogP contribution in [-0.4, -0.2) is 11.0 Å². The molecule has 3 N–H and O–H groups in total. The highest BCUT2D eigenvalue weighted by atomic mass is 79.9. The van der Waals surface area contributed by atoms with Crippen LogP contribution in [0.3, 0.4) is 0 Å². The minimum absolute atomic E-state index is 0.100. The maximum Gasteiger partial charge on any atom is 0.171 e. The van der Waals surface area contributed by atoms with Crippen molar-refractivity contribution in [2.75, 3.05) is 0 Å². The normalized spacial score (nSPS) is 11.7. The third kappa shape index (κ3) is 3.29. The Morgan fingerprint density at radius 1 is 1.15 bits per heavy atom. The molecule has 0 aliphatic heterocycles. The van der Waals surface area contributed by atoms with E-state index in [1.54, 1.807) is 18.2 Å². The van der Waals surface area contributed by atoms with Crippen LogP contribution in [0.4, 0.5) is 8.78 Å². The zero-order valence-corrected chi connectivity index (χ0v) is 12.4. The first kappa shape index (κ1) is 14.8. The summed E-state index contributed by atoms with van der Waals surface area (Å²) in [6, 6.07) is 8.21. The molecule has 104 valence electrons. The molecule has 2 aromatic carbocycles. The van der Waals surface area contributed by atoms with Gasteiger partial charge in [0.25, 0.3) is 0 Å². The van der Waals surface area contributed by atoms with Gasteiger partial charge in [-0.3, -0.25) is 0 Å². The van der Waals surface area contributed by atoms with Gasteiger partial charge in [0.05, 0.1) is 4.90 Å². The van der Waals surface area contributed by atoms with Gasteiger partial charge in [-0.2, -0.15) is 0 Å². The van der Waals surface area contributed by atoms with E-state index < -0.39 is 11.6 Å². The van der Waals surface area contributed by atoms with E-state index in [0.29, 0.717) is 10.5 Å². The lowest BCUT2D eigenvalue weighted by atomic mass is 10.2. The predicted molar refractivity (Wildman–Crippen MR) is 77.1 cm³/mol. The summed E-state index contributed by atoms with van der Waals surface area (Å²) < 4.78 is 27.6. The first-order valence-electron chi connectivity index (χ1n) is 5.41. The Bertz CT molecular complexity index is 679. The topological polar surface area (TPSA) is 58.6 Å². The van der Waals surface area contributed by atoms with E-state index in [0.717, 1.165) is 34.4 Å². The van der Waals surface area contributed by atoms with E-state index in [9.17, 15) is 8.78 Å². The molecule has 0 heterocycles. The van der Waals surface area contributed by atoms with Gasteiger partial charge in [-0.25, -0.2) is 8.78 Å². The number of nitrogens with two attached hydrogens (primary N) is 1. The van der Waals surface area contributed by atoms with Crippen molar-refractivity contribution in [1.82, 2.24) is 0 Å². The van der Waals surface area contributed by atoms with Crippen LogP contribution in [0.1, 0.15) is 5.56 Å². The fourth-order valence-corrected chi connectivity index (χ4v) is 3.08. The average Bonchev–Trinajstić information content (AvgIpc) is 2.42. The molecule has 0 aromatic heterocycles. The summed E-state index contributed by atoms with van der Waals surface area (Å²) in [7, 11) is 0. The van der Waals surface area contributed by atoms with Crippen LogP contribution >= 0.6 is 27.7 Å². The van der Waals surface area contributed by atoms with E-state index in [4.69, 9.17) is 10.9 Å². The number of hydrogen-bond acceptors (Lipinski definition) is 3. The minimum atomic E-state index is -0.540. The Labute approximate surface area is 126 Å². The van der Waals surface area contributed by atoms with Crippen LogP contribution in [0.5, 0.6) is 0 Å². The molecule has 20 heavy (non-hydrogen) atoms. The molecule has 0 aliphatic rings. The molecule has 0 aliphatic carbocycles. The first-order valence-corrected chi connectivity index (χ1v) is 7.02. The number of nitrogens with zero attached hydrogens (tertiary/aromatic N) is 1. The average molecular weight is 359 g/mol. The summed E-state index contributed by atoms with van der Waals surface area (Å²) >= 11 is 4.29.